The van der Waals surface area contributed by atoms with Gasteiger partial charge in [0.15, 0.2) is 0 Å². The van der Waals surface area contributed by atoms with Crippen molar-refractivity contribution in [2.24, 2.45) is 5.16 Å². The molecule has 2 unspecified atom stereocenters. The number of aliphatic hydroxyl groups is 2. The van der Waals surface area contributed by atoms with Gasteiger partial charge in [0, 0.05) is 25.1 Å². The second-order valence-electron chi connectivity index (χ2n) is 5.27. The summed E-state index contributed by atoms with van der Waals surface area (Å²) >= 11 is 0. The van der Waals surface area contributed by atoms with Crippen molar-refractivity contribution in [1.82, 2.24) is 4.90 Å². The van der Waals surface area contributed by atoms with Crippen molar-refractivity contribution < 1.29 is 29.0 Å². The average Bonchev–Trinajstić information content (AvgIpc) is 2.84. The minimum absolute atomic E-state index is 0.119. The van der Waals surface area contributed by atoms with Gasteiger partial charge in [-0.3, -0.25) is 14.5 Å². The fraction of sp³-hybridized carbons (Fsp3) is 0.667. The van der Waals surface area contributed by atoms with E-state index in [0.717, 1.165) is 31.9 Å². The van der Waals surface area contributed by atoms with E-state index in [1.165, 1.54) is 17.1 Å². The number of aliphatic hydroxyl groups excluding tert-OH is 2. The van der Waals surface area contributed by atoms with E-state index in [0.29, 0.717) is 13.2 Å². The second kappa shape index (κ2) is 10.8. The van der Waals surface area contributed by atoms with E-state index in [-0.39, 0.29) is 18.2 Å². The number of carbonyl (C=O) groups is 2. The first-order chi connectivity index (χ1) is 11.0. The quantitative estimate of drug-likeness (QED) is 0.236. The molecule has 0 spiro atoms. The van der Waals surface area contributed by atoms with Crippen LogP contribution >= 0.6 is 0 Å². The number of rotatable bonds is 12. The lowest BCUT2D eigenvalue weighted by molar-refractivity contribution is -0.136. The highest BCUT2D eigenvalue weighted by atomic mass is 19.1. The van der Waals surface area contributed by atoms with E-state index in [2.05, 4.69) is 5.16 Å². The number of unbranched alkanes of at least 4 members (excludes halogenated alkanes) is 3. The van der Waals surface area contributed by atoms with Gasteiger partial charge >= 0.3 is 0 Å². The molecule has 1 aliphatic heterocycles. The fourth-order valence-corrected chi connectivity index (χ4v) is 2.01. The van der Waals surface area contributed by atoms with E-state index < -0.39 is 18.9 Å². The van der Waals surface area contributed by atoms with Gasteiger partial charge in [0.2, 0.25) is 0 Å². The summed E-state index contributed by atoms with van der Waals surface area (Å²) in [6.07, 6.45) is 4.53. The highest BCUT2D eigenvalue weighted by Gasteiger charge is 2.21. The van der Waals surface area contributed by atoms with Gasteiger partial charge in [0.05, 0.1) is 18.4 Å². The third kappa shape index (κ3) is 7.85. The highest BCUT2D eigenvalue weighted by Crippen LogP contribution is 2.07. The van der Waals surface area contributed by atoms with Crippen LogP contribution in [0, 0.1) is 0 Å². The number of amides is 2. The predicted octanol–water partition coefficient (Wildman–Crippen LogP) is 0.556. The summed E-state index contributed by atoms with van der Waals surface area (Å²) in [7, 11) is 0. The number of carbonyl (C=O) groups excluding carboxylic acids is 2. The predicted molar refractivity (Wildman–Crippen MR) is 81.4 cm³/mol. The molecule has 1 aliphatic rings. The van der Waals surface area contributed by atoms with Gasteiger partial charge in [-0.05, 0) is 19.3 Å². The molecule has 0 bridgehead atoms. The topological polar surface area (TPSA) is 99.4 Å². The third-order valence-electron chi connectivity index (χ3n) is 3.27. The maximum atomic E-state index is 12.0. The summed E-state index contributed by atoms with van der Waals surface area (Å²) in [4.78, 5) is 28.7. The van der Waals surface area contributed by atoms with E-state index in [1.54, 1.807) is 0 Å². The van der Waals surface area contributed by atoms with E-state index in [9.17, 15) is 19.1 Å². The molecule has 1 rings (SSSR count). The van der Waals surface area contributed by atoms with Crippen LogP contribution in [0.1, 0.15) is 32.1 Å². The van der Waals surface area contributed by atoms with E-state index in [4.69, 9.17) is 9.94 Å². The standard InChI is InChI=1S/C15H23FN2O5/c16-10-12(19)9-13(20)11-17-23-8-4-2-1-3-7-18-14(21)5-6-15(18)22/h5-6,11-13,19-20H,1-4,7-10H2. The maximum Gasteiger partial charge on any atom is 0.253 e. The molecule has 8 heteroatoms. The molecule has 7 nitrogen and oxygen atoms in total. The molecule has 0 aromatic heterocycles. The Morgan fingerprint density at radius 1 is 1.17 bits per heavy atom. The first-order valence-corrected chi connectivity index (χ1v) is 7.65. The van der Waals surface area contributed by atoms with Gasteiger partial charge in [-0.1, -0.05) is 11.6 Å². The molecular weight excluding hydrogens is 307 g/mol. The molecule has 130 valence electrons. The maximum absolute atomic E-state index is 12.0. The summed E-state index contributed by atoms with van der Waals surface area (Å²) in [6, 6.07) is 0. The van der Waals surface area contributed by atoms with Crippen LogP contribution in [0.3, 0.4) is 0 Å². The Bertz CT molecular complexity index is 424. The molecule has 0 saturated carbocycles. The number of halogens is 1. The zero-order chi connectivity index (χ0) is 17.1. The third-order valence-corrected chi connectivity index (χ3v) is 3.27. The smallest absolute Gasteiger partial charge is 0.253 e. The molecule has 23 heavy (non-hydrogen) atoms. The van der Waals surface area contributed by atoms with Crippen LogP contribution in [0.25, 0.3) is 0 Å². The molecule has 2 atom stereocenters. The lowest BCUT2D eigenvalue weighted by Crippen LogP contribution is -2.30. The van der Waals surface area contributed by atoms with Crippen molar-refractivity contribution >= 4 is 18.0 Å². The Morgan fingerprint density at radius 3 is 2.48 bits per heavy atom. The van der Waals surface area contributed by atoms with Gasteiger partial charge in [-0.25, -0.2) is 4.39 Å². The molecule has 2 amide bonds. The average molecular weight is 330 g/mol. The summed E-state index contributed by atoms with van der Waals surface area (Å²) in [6.45, 7) is -0.110. The van der Waals surface area contributed by atoms with Crippen molar-refractivity contribution in [2.75, 3.05) is 19.8 Å². The minimum atomic E-state index is -1.19. The molecule has 0 radical (unpaired) electrons. The van der Waals surface area contributed by atoms with Crippen LogP contribution < -0.4 is 0 Å². The van der Waals surface area contributed by atoms with Crippen molar-refractivity contribution in [3.05, 3.63) is 12.2 Å². The van der Waals surface area contributed by atoms with Crippen molar-refractivity contribution in [3.8, 4) is 0 Å². The fourth-order valence-electron chi connectivity index (χ4n) is 2.01. The van der Waals surface area contributed by atoms with Crippen molar-refractivity contribution in [2.45, 2.75) is 44.3 Å². The van der Waals surface area contributed by atoms with Gasteiger partial charge in [0.1, 0.15) is 13.3 Å². The second-order valence-corrected chi connectivity index (χ2v) is 5.27. The molecule has 0 aromatic carbocycles. The van der Waals surface area contributed by atoms with Crippen molar-refractivity contribution in [3.63, 3.8) is 0 Å². The summed E-state index contributed by atoms with van der Waals surface area (Å²) in [5.74, 6) is -0.520. The first kappa shape index (κ1) is 19.2. The Labute approximate surface area is 134 Å². The monoisotopic (exact) mass is 330 g/mol. The van der Waals surface area contributed by atoms with Gasteiger partial charge in [0.25, 0.3) is 11.8 Å². The number of oxime groups is 1. The summed E-state index contributed by atoms with van der Waals surface area (Å²) < 4.78 is 12.0. The van der Waals surface area contributed by atoms with Gasteiger partial charge < -0.3 is 15.1 Å². The highest BCUT2D eigenvalue weighted by molar-refractivity contribution is 6.12. The van der Waals surface area contributed by atoms with Crippen LogP contribution in [-0.2, 0) is 14.4 Å². The Morgan fingerprint density at radius 2 is 1.83 bits per heavy atom. The molecule has 0 saturated heterocycles. The van der Waals surface area contributed by atoms with Gasteiger partial charge in [-0.2, -0.15) is 0 Å². The lowest BCUT2D eigenvalue weighted by atomic mass is 10.2. The minimum Gasteiger partial charge on any atom is -0.396 e. The normalized spacial score (nSPS) is 17.3. The number of nitrogens with zero attached hydrogens (tertiary/aromatic N) is 2. The molecular formula is C15H23FN2O5. The molecule has 0 aliphatic carbocycles. The van der Waals surface area contributed by atoms with Crippen LogP contribution in [-0.4, -0.2) is 65.2 Å². The first-order valence-electron chi connectivity index (χ1n) is 7.65. The lowest BCUT2D eigenvalue weighted by Gasteiger charge is -2.12. The number of hydrogen-bond acceptors (Lipinski definition) is 6. The van der Waals surface area contributed by atoms with Crippen molar-refractivity contribution in [1.29, 1.82) is 0 Å². The Kier molecular flexibility index (Phi) is 9.08. The van der Waals surface area contributed by atoms with Crippen LogP contribution in [0.4, 0.5) is 4.39 Å². The van der Waals surface area contributed by atoms with Crippen LogP contribution in [0.5, 0.6) is 0 Å². The summed E-state index contributed by atoms with van der Waals surface area (Å²) in [5, 5.41) is 21.9. The molecule has 0 aromatic rings. The van der Waals surface area contributed by atoms with E-state index >= 15 is 0 Å². The zero-order valence-corrected chi connectivity index (χ0v) is 12.9. The number of alkyl halides is 1. The Balaban J connectivity index is 1.95. The van der Waals surface area contributed by atoms with Gasteiger partial charge in [-0.15, -0.1) is 0 Å². The van der Waals surface area contributed by atoms with Crippen LogP contribution in [0.15, 0.2) is 17.3 Å². The SMILES string of the molecule is O=C1C=CC(=O)N1CCCCCCON=CC(O)CC(O)CF. The van der Waals surface area contributed by atoms with Crippen LogP contribution in [0.2, 0.25) is 0 Å². The molecule has 1 heterocycles. The zero-order valence-electron chi connectivity index (χ0n) is 12.9. The molecule has 0 fully saturated rings. The number of imide groups is 1. The Hall–Kier alpha value is -1.80. The van der Waals surface area contributed by atoms with E-state index in [1.807, 2.05) is 0 Å². The summed E-state index contributed by atoms with van der Waals surface area (Å²) in [5.41, 5.74) is 0. The largest absolute Gasteiger partial charge is 0.396 e. The number of hydrogen-bond donors (Lipinski definition) is 2. The molecule has 2 N–H and O–H groups in total.